The molecule has 1 aromatic heterocycles. The normalized spacial score (nSPS) is 15.7. The molecular weight excluding hydrogens is 386 g/mol. The van der Waals surface area contributed by atoms with Crippen molar-refractivity contribution in [1.29, 1.82) is 0 Å². The largest absolute Gasteiger partial charge is 0.497 e. The molecule has 3 aromatic rings. The topological polar surface area (TPSA) is 61.8 Å². The van der Waals surface area contributed by atoms with E-state index in [2.05, 4.69) is 55.8 Å². The van der Waals surface area contributed by atoms with Gasteiger partial charge in [0.2, 0.25) is 0 Å². The van der Waals surface area contributed by atoms with E-state index in [0.717, 1.165) is 36.9 Å². The Hall–Kier alpha value is -3.12. The van der Waals surface area contributed by atoms with Crippen molar-refractivity contribution >= 4 is 16.9 Å². The number of likely N-dealkylation sites (tertiary alicyclic amines) is 1. The number of para-hydroxylation sites is 1. The van der Waals surface area contributed by atoms with Gasteiger partial charge in [0.05, 0.1) is 18.7 Å². The highest BCUT2D eigenvalue weighted by molar-refractivity contribution is 5.83. The molecule has 0 bridgehead atoms. The van der Waals surface area contributed by atoms with Crippen LogP contribution >= 0.6 is 0 Å². The molecule has 1 atom stereocenters. The number of hydrogen-bond donors (Lipinski definition) is 2. The molecule has 0 spiro atoms. The molecular formula is C25H31N5O. The van der Waals surface area contributed by atoms with Crippen molar-refractivity contribution < 1.29 is 4.74 Å². The summed E-state index contributed by atoms with van der Waals surface area (Å²) in [5.74, 6) is 1.69. The second kappa shape index (κ2) is 10.3. The molecule has 2 aromatic carbocycles. The van der Waals surface area contributed by atoms with Gasteiger partial charge >= 0.3 is 0 Å². The van der Waals surface area contributed by atoms with Gasteiger partial charge in [0.1, 0.15) is 5.75 Å². The third-order valence-corrected chi connectivity index (χ3v) is 5.95. The predicted molar refractivity (Wildman–Crippen MR) is 126 cm³/mol. The highest BCUT2D eigenvalue weighted by atomic mass is 16.5. The third kappa shape index (κ3) is 5.14. The Morgan fingerprint density at radius 1 is 1.06 bits per heavy atom. The summed E-state index contributed by atoms with van der Waals surface area (Å²) in [5.41, 5.74) is 3.52. The first-order valence-electron chi connectivity index (χ1n) is 10.9. The zero-order valence-corrected chi connectivity index (χ0v) is 18.3. The van der Waals surface area contributed by atoms with Crippen LogP contribution in [-0.2, 0) is 6.54 Å². The van der Waals surface area contributed by atoms with Crippen molar-refractivity contribution in [2.45, 2.75) is 25.4 Å². The van der Waals surface area contributed by atoms with Crippen LogP contribution in [0.3, 0.4) is 0 Å². The molecule has 1 saturated heterocycles. The molecule has 1 fully saturated rings. The van der Waals surface area contributed by atoms with Crippen LogP contribution in [0.4, 0.5) is 0 Å². The van der Waals surface area contributed by atoms with Crippen LogP contribution in [-0.4, -0.2) is 49.6 Å². The lowest BCUT2D eigenvalue weighted by atomic mass is 10.1. The lowest BCUT2D eigenvalue weighted by Gasteiger charge is -2.29. The predicted octanol–water partition coefficient (Wildman–Crippen LogP) is 3.75. The number of ether oxygens (including phenoxy) is 1. The van der Waals surface area contributed by atoms with E-state index in [1.54, 1.807) is 7.11 Å². The van der Waals surface area contributed by atoms with Gasteiger partial charge in [-0.15, -0.1) is 0 Å². The maximum Gasteiger partial charge on any atom is 0.191 e. The number of benzene rings is 2. The molecule has 0 saturated carbocycles. The molecule has 4 rings (SSSR count). The number of nitrogens with zero attached hydrogens (tertiary/aromatic N) is 3. The Labute approximate surface area is 184 Å². The molecule has 6 nitrogen and oxygen atoms in total. The Morgan fingerprint density at radius 2 is 1.84 bits per heavy atom. The summed E-state index contributed by atoms with van der Waals surface area (Å²) in [4.78, 5) is 11.4. The minimum atomic E-state index is 0.300. The lowest BCUT2D eigenvalue weighted by molar-refractivity contribution is 0.245. The van der Waals surface area contributed by atoms with Crippen molar-refractivity contribution in [3.05, 3.63) is 71.9 Å². The third-order valence-electron chi connectivity index (χ3n) is 5.95. The molecule has 0 aliphatic carbocycles. The molecule has 0 radical (unpaired) electrons. The summed E-state index contributed by atoms with van der Waals surface area (Å²) >= 11 is 0. The van der Waals surface area contributed by atoms with Gasteiger partial charge in [0.15, 0.2) is 5.96 Å². The van der Waals surface area contributed by atoms with Crippen LogP contribution in [0.5, 0.6) is 5.75 Å². The first-order valence-corrected chi connectivity index (χ1v) is 10.9. The number of hydrogen-bond acceptors (Lipinski definition) is 4. The minimum absolute atomic E-state index is 0.300. The fraction of sp³-hybridized carbons (Fsp3) is 0.360. The van der Waals surface area contributed by atoms with Gasteiger partial charge in [-0.1, -0.05) is 30.3 Å². The SMILES string of the molecule is CN=C(NCc1ccnc2ccccc12)NCC(c1ccc(OC)cc1)N1CCCC1. The van der Waals surface area contributed by atoms with E-state index in [0.29, 0.717) is 12.6 Å². The first kappa shape index (κ1) is 21.1. The quantitative estimate of drug-likeness (QED) is 0.453. The minimum Gasteiger partial charge on any atom is -0.497 e. The summed E-state index contributed by atoms with van der Waals surface area (Å²) in [6.45, 7) is 3.75. The summed E-state index contributed by atoms with van der Waals surface area (Å²) < 4.78 is 5.33. The van der Waals surface area contributed by atoms with Crippen molar-refractivity contribution in [2.75, 3.05) is 33.8 Å². The molecule has 6 heteroatoms. The average Bonchev–Trinajstić information content (AvgIpc) is 3.36. The van der Waals surface area contributed by atoms with Crippen molar-refractivity contribution in [1.82, 2.24) is 20.5 Å². The molecule has 2 N–H and O–H groups in total. The molecule has 162 valence electrons. The Morgan fingerprint density at radius 3 is 2.58 bits per heavy atom. The summed E-state index contributed by atoms with van der Waals surface area (Å²) in [7, 11) is 3.52. The van der Waals surface area contributed by atoms with Crippen molar-refractivity contribution in [3.8, 4) is 5.75 Å². The molecule has 1 unspecified atom stereocenters. The van der Waals surface area contributed by atoms with Crippen LogP contribution < -0.4 is 15.4 Å². The monoisotopic (exact) mass is 417 g/mol. The molecule has 1 aliphatic heterocycles. The van der Waals surface area contributed by atoms with Crippen molar-refractivity contribution in [2.24, 2.45) is 4.99 Å². The molecule has 2 heterocycles. The van der Waals surface area contributed by atoms with Gasteiger partial charge in [-0.3, -0.25) is 14.9 Å². The van der Waals surface area contributed by atoms with Gasteiger partial charge < -0.3 is 15.4 Å². The van der Waals surface area contributed by atoms with E-state index in [9.17, 15) is 0 Å². The zero-order chi connectivity index (χ0) is 21.5. The standard InChI is InChI=1S/C25H31N5O/c1-26-25(28-17-20-13-14-27-23-8-4-3-7-22(20)23)29-18-24(30-15-5-6-16-30)19-9-11-21(31-2)12-10-19/h3-4,7-14,24H,5-6,15-18H2,1-2H3,(H2,26,28,29). The van der Waals surface area contributed by atoms with E-state index in [1.165, 1.54) is 29.4 Å². The van der Waals surface area contributed by atoms with Crippen LogP contribution in [0.15, 0.2) is 65.8 Å². The summed E-state index contributed by atoms with van der Waals surface area (Å²) in [6, 6.07) is 19.0. The van der Waals surface area contributed by atoms with Gasteiger partial charge in [0.25, 0.3) is 0 Å². The maximum atomic E-state index is 5.33. The number of aliphatic imine (C=N–C) groups is 1. The van der Waals surface area contributed by atoms with Crippen molar-refractivity contribution in [3.63, 3.8) is 0 Å². The number of nitrogens with one attached hydrogen (secondary N) is 2. The van der Waals surface area contributed by atoms with E-state index in [-0.39, 0.29) is 0 Å². The zero-order valence-electron chi connectivity index (χ0n) is 18.3. The van der Waals surface area contributed by atoms with Gasteiger partial charge in [-0.2, -0.15) is 0 Å². The van der Waals surface area contributed by atoms with Crippen LogP contribution in [0.25, 0.3) is 10.9 Å². The second-order valence-electron chi connectivity index (χ2n) is 7.83. The number of fused-ring (bicyclic) bond motifs is 1. The van der Waals surface area contributed by atoms with Gasteiger partial charge in [-0.25, -0.2) is 0 Å². The van der Waals surface area contributed by atoms with Crippen LogP contribution in [0.1, 0.15) is 30.0 Å². The number of methoxy groups -OCH3 is 1. The number of pyridine rings is 1. The van der Waals surface area contributed by atoms with E-state index >= 15 is 0 Å². The van der Waals surface area contributed by atoms with E-state index < -0.39 is 0 Å². The summed E-state index contributed by atoms with van der Waals surface area (Å²) in [5, 5.41) is 8.18. The fourth-order valence-corrected chi connectivity index (χ4v) is 4.24. The fourth-order valence-electron chi connectivity index (χ4n) is 4.24. The molecule has 1 aliphatic rings. The van der Waals surface area contributed by atoms with Crippen LogP contribution in [0, 0.1) is 0 Å². The Bertz CT molecular complexity index is 1010. The highest BCUT2D eigenvalue weighted by Gasteiger charge is 2.23. The molecule has 0 amide bonds. The highest BCUT2D eigenvalue weighted by Crippen LogP contribution is 2.26. The Balaban J connectivity index is 1.42. The number of guanidine groups is 1. The maximum absolute atomic E-state index is 5.33. The average molecular weight is 418 g/mol. The van der Waals surface area contributed by atoms with E-state index in [1.807, 2.05) is 37.5 Å². The Kier molecular flexibility index (Phi) is 6.99. The van der Waals surface area contributed by atoms with E-state index in [4.69, 9.17) is 4.74 Å². The number of rotatable bonds is 7. The van der Waals surface area contributed by atoms with Crippen LogP contribution in [0.2, 0.25) is 0 Å². The molecule has 31 heavy (non-hydrogen) atoms. The van der Waals surface area contributed by atoms with Gasteiger partial charge in [0, 0.05) is 31.7 Å². The second-order valence-corrected chi connectivity index (χ2v) is 7.83. The summed E-state index contributed by atoms with van der Waals surface area (Å²) in [6.07, 6.45) is 4.38. The lowest BCUT2D eigenvalue weighted by Crippen LogP contribution is -2.42. The first-order chi connectivity index (χ1) is 15.3. The smallest absolute Gasteiger partial charge is 0.191 e. The van der Waals surface area contributed by atoms with Gasteiger partial charge in [-0.05, 0) is 61.3 Å². The number of aromatic nitrogens is 1.